The number of allylic oxidation sites excluding steroid dienone is 1. The molecule has 0 amide bonds. The molecule has 0 aromatic heterocycles. The largest absolute Gasteiger partial charge is 0.258 e. The van der Waals surface area contributed by atoms with E-state index in [4.69, 9.17) is 0 Å². The first-order valence-electron chi connectivity index (χ1n) is 5.42. The van der Waals surface area contributed by atoms with Crippen LogP contribution in [0.2, 0.25) is 0 Å². The lowest BCUT2D eigenvalue weighted by Gasteiger charge is -2.06. The predicted molar refractivity (Wildman–Crippen MR) is 68.1 cm³/mol. The summed E-state index contributed by atoms with van der Waals surface area (Å²) in [5, 5.41) is 0. The van der Waals surface area contributed by atoms with Crippen LogP contribution < -0.4 is 0 Å². The van der Waals surface area contributed by atoms with Crippen LogP contribution in [0.25, 0.3) is 5.70 Å². The van der Waals surface area contributed by atoms with E-state index in [-0.39, 0.29) is 0 Å². The van der Waals surface area contributed by atoms with Crippen molar-refractivity contribution in [3.8, 4) is 0 Å². The van der Waals surface area contributed by atoms with Gasteiger partial charge in [0, 0.05) is 11.3 Å². The van der Waals surface area contributed by atoms with Gasteiger partial charge in [0.1, 0.15) is 0 Å². The molecule has 1 heteroatoms. The average Bonchev–Trinajstić information content (AvgIpc) is 2.26. The summed E-state index contributed by atoms with van der Waals surface area (Å²) in [5.74, 6) is 0. The van der Waals surface area contributed by atoms with Crippen molar-refractivity contribution in [3.63, 3.8) is 0 Å². The van der Waals surface area contributed by atoms with E-state index in [1.54, 1.807) is 0 Å². The van der Waals surface area contributed by atoms with Crippen LogP contribution in [0.1, 0.15) is 39.7 Å². The molecule has 1 aromatic carbocycles. The molecule has 0 aliphatic carbocycles. The van der Waals surface area contributed by atoms with E-state index in [1.807, 2.05) is 6.07 Å². The van der Waals surface area contributed by atoms with E-state index >= 15 is 0 Å². The highest BCUT2D eigenvalue weighted by atomic mass is 14.8. The second-order valence-electron chi connectivity index (χ2n) is 3.92. The molecule has 15 heavy (non-hydrogen) atoms. The molecule has 0 saturated heterocycles. The minimum absolute atomic E-state index is 1.00. The monoisotopic (exact) mass is 201 g/mol. The molecule has 1 rings (SSSR count). The molecular weight excluding hydrogens is 182 g/mol. The van der Waals surface area contributed by atoms with Gasteiger partial charge in [-0.15, -0.1) is 0 Å². The van der Waals surface area contributed by atoms with Crippen molar-refractivity contribution in [3.05, 3.63) is 41.5 Å². The van der Waals surface area contributed by atoms with Crippen LogP contribution in [0.15, 0.2) is 40.9 Å². The predicted octanol–water partition coefficient (Wildman–Crippen LogP) is 4.31. The summed E-state index contributed by atoms with van der Waals surface area (Å²) in [6.45, 7) is 8.42. The van der Waals surface area contributed by atoms with E-state index in [0.717, 1.165) is 12.1 Å². The minimum atomic E-state index is 1.00. The Bertz CT molecular complexity index is 368. The molecule has 0 unspecified atom stereocenters. The van der Waals surface area contributed by atoms with Gasteiger partial charge in [0.15, 0.2) is 0 Å². The highest BCUT2D eigenvalue weighted by Crippen LogP contribution is 2.20. The Hall–Kier alpha value is -1.37. The van der Waals surface area contributed by atoms with Gasteiger partial charge in [-0.25, -0.2) is 0 Å². The van der Waals surface area contributed by atoms with Crippen LogP contribution in [0, 0.1) is 0 Å². The van der Waals surface area contributed by atoms with Crippen molar-refractivity contribution >= 4 is 11.4 Å². The molecule has 0 aliphatic heterocycles. The maximum Gasteiger partial charge on any atom is 0.0687 e. The molecule has 0 bridgehead atoms. The zero-order valence-corrected chi connectivity index (χ0v) is 10.0. The van der Waals surface area contributed by atoms with Crippen LogP contribution in [0.5, 0.6) is 0 Å². The maximum atomic E-state index is 4.66. The molecule has 1 nitrogen and oxygen atoms in total. The third-order valence-corrected chi connectivity index (χ3v) is 2.34. The van der Waals surface area contributed by atoms with Crippen LogP contribution in [0.4, 0.5) is 0 Å². The zero-order chi connectivity index (χ0) is 11.3. The quantitative estimate of drug-likeness (QED) is 0.646. The molecule has 0 heterocycles. The lowest BCUT2D eigenvalue weighted by Crippen LogP contribution is -1.91. The Morgan fingerprint density at radius 2 is 1.67 bits per heavy atom. The average molecular weight is 201 g/mol. The van der Waals surface area contributed by atoms with Crippen molar-refractivity contribution in [1.82, 2.24) is 0 Å². The summed E-state index contributed by atoms with van der Waals surface area (Å²) in [5.41, 5.74) is 4.74. The van der Waals surface area contributed by atoms with E-state index in [9.17, 15) is 0 Å². The van der Waals surface area contributed by atoms with E-state index in [2.05, 4.69) is 57.0 Å². The highest BCUT2D eigenvalue weighted by Gasteiger charge is 2.01. The van der Waals surface area contributed by atoms with Crippen molar-refractivity contribution in [1.29, 1.82) is 0 Å². The summed E-state index contributed by atoms with van der Waals surface area (Å²) in [6, 6.07) is 10.3. The van der Waals surface area contributed by atoms with Gasteiger partial charge in [-0.05, 0) is 27.2 Å². The summed E-state index contributed by atoms with van der Waals surface area (Å²) in [4.78, 5) is 4.66. The van der Waals surface area contributed by atoms with Crippen molar-refractivity contribution in [2.75, 3.05) is 0 Å². The van der Waals surface area contributed by atoms with Crippen molar-refractivity contribution < 1.29 is 0 Å². The molecular formula is C14H19N. The van der Waals surface area contributed by atoms with E-state index in [0.29, 0.717) is 0 Å². The van der Waals surface area contributed by atoms with Gasteiger partial charge >= 0.3 is 0 Å². The second kappa shape index (κ2) is 5.50. The van der Waals surface area contributed by atoms with Crippen molar-refractivity contribution in [2.24, 2.45) is 4.99 Å². The van der Waals surface area contributed by atoms with Gasteiger partial charge in [-0.2, -0.15) is 0 Å². The van der Waals surface area contributed by atoms with Crippen molar-refractivity contribution in [2.45, 2.75) is 34.1 Å². The lowest BCUT2D eigenvalue weighted by atomic mass is 10.1. The molecule has 0 radical (unpaired) electrons. The first kappa shape index (κ1) is 11.7. The Balaban J connectivity index is 3.13. The molecule has 80 valence electrons. The first-order valence-corrected chi connectivity index (χ1v) is 5.42. The Kier molecular flexibility index (Phi) is 4.29. The fourth-order valence-electron chi connectivity index (χ4n) is 1.33. The summed E-state index contributed by atoms with van der Waals surface area (Å²) in [6.07, 6.45) is 1.00. The second-order valence-corrected chi connectivity index (χ2v) is 3.92. The maximum absolute atomic E-state index is 4.66. The molecule has 0 fully saturated rings. The van der Waals surface area contributed by atoms with Gasteiger partial charge in [0.05, 0.1) is 5.70 Å². The normalized spacial score (nSPS) is 11.3. The highest BCUT2D eigenvalue weighted by molar-refractivity contribution is 5.88. The zero-order valence-electron chi connectivity index (χ0n) is 10.0. The third kappa shape index (κ3) is 3.35. The lowest BCUT2D eigenvalue weighted by molar-refractivity contribution is 1.24. The summed E-state index contributed by atoms with van der Waals surface area (Å²) in [7, 11) is 0. The molecule has 1 aromatic rings. The number of hydrogen-bond donors (Lipinski definition) is 0. The summed E-state index contributed by atoms with van der Waals surface area (Å²) < 4.78 is 0. The van der Waals surface area contributed by atoms with Crippen LogP contribution >= 0.6 is 0 Å². The van der Waals surface area contributed by atoms with Crippen LogP contribution in [-0.2, 0) is 0 Å². The number of aliphatic imine (C=N–C) groups is 1. The Morgan fingerprint density at radius 3 is 2.13 bits per heavy atom. The van der Waals surface area contributed by atoms with E-state index < -0.39 is 0 Å². The van der Waals surface area contributed by atoms with Gasteiger partial charge in [0.2, 0.25) is 0 Å². The standard InChI is InChI=1S/C14H19N/c1-5-12(4)15-14(11(2)3)13-9-7-6-8-10-13/h6-10H,5H2,1-4H3. The van der Waals surface area contributed by atoms with Gasteiger partial charge < -0.3 is 0 Å². The SMILES string of the molecule is CCC(C)=NC(=C(C)C)c1ccccc1. The minimum Gasteiger partial charge on any atom is -0.258 e. The van der Waals surface area contributed by atoms with E-state index in [1.165, 1.54) is 16.8 Å². The molecule has 0 N–H and O–H groups in total. The first-order chi connectivity index (χ1) is 7.15. The van der Waals surface area contributed by atoms with Gasteiger partial charge in [-0.1, -0.05) is 42.8 Å². The fraction of sp³-hybridized carbons (Fsp3) is 0.357. The number of nitrogens with zero attached hydrogens (tertiary/aromatic N) is 1. The summed E-state index contributed by atoms with van der Waals surface area (Å²) >= 11 is 0. The molecule has 0 saturated carbocycles. The molecule has 0 atom stereocenters. The van der Waals surface area contributed by atoms with Gasteiger partial charge in [-0.3, -0.25) is 4.99 Å². The Labute approximate surface area is 92.6 Å². The number of rotatable bonds is 3. The smallest absolute Gasteiger partial charge is 0.0687 e. The number of benzene rings is 1. The van der Waals surface area contributed by atoms with Crippen LogP contribution in [-0.4, -0.2) is 5.71 Å². The van der Waals surface area contributed by atoms with Crippen LogP contribution in [0.3, 0.4) is 0 Å². The Morgan fingerprint density at radius 1 is 1.07 bits per heavy atom. The topological polar surface area (TPSA) is 12.4 Å². The number of hydrogen-bond acceptors (Lipinski definition) is 1. The molecule has 0 aliphatic rings. The van der Waals surface area contributed by atoms with Gasteiger partial charge in [0.25, 0.3) is 0 Å². The third-order valence-electron chi connectivity index (χ3n) is 2.34. The fourth-order valence-corrected chi connectivity index (χ4v) is 1.33. The molecule has 0 spiro atoms.